The van der Waals surface area contributed by atoms with Crippen molar-refractivity contribution in [3.05, 3.63) is 35.1 Å². The number of nitrogens with one attached hydrogen (secondary N) is 1. The van der Waals surface area contributed by atoms with Crippen molar-refractivity contribution >= 4 is 5.91 Å². The van der Waals surface area contributed by atoms with Gasteiger partial charge in [-0.2, -0.15) is 0 Å². The van der Waals surface area contributed by atoms with Crippen LogP contribution in [0.5, 0.6) is 0 Å². The summed E-state index contributed by atoms with van der Waals surface area (Å²) in [5.74, 6) is -0.333. The Morgan fingerprint density at radius 2 is 2.24 bits per heavy atom. The Labute approximate surface area is 100 Å². The smallest absolute Gasteiger partial charge is 0.234 e. The topological polar surface area (TPSA) is 55.1 Å². The number of primary amides is 1. The molecule has 1 aromatic carbocycles. The van der Waals surface area contributed by atoms with Crippen LogP contribution in [0.25, 0.3) is 0 Å². The minimum absolute atomic E-state index is 0.211. The van der Waals surface area contributed by atoms with E-state index in [1.165, 1.54) is 6.07 Å². The minimum Gasteiger partial charge on any atom is -0.368 e. The quantitative estimate of drug-likeness (QED) is 0.816. The summed E-state index contributed by atoms with van der Waals surface area (Å²) in [6.07, 6.45) is 1.56. The molecule has 0 saturated carbocycles. The molecular weight excluding hydrogens is 219 g/mol. The second-order valence-electron chi connectivity index (χ2n) is 4.69. The molecule has 2 rings (SSSR count). The molecule has 3 nitrogen and oxygen atoms in total. The Balaban J connectivity index is 2.18. The second-order valence-corrected chi connectivity index (χ2v) is 4.69. The number of halogens is 1. The van der Waals surface area contributed by atoms with Gasteiger partial charge in [0.05, 0.1) is 6.04 Å². The monoisotopic (exact) mass is 236 g/mol. The lowest BCUT2D eigenvalue weighted by Crippen LogP contribution is -2.46. The molecule has 1 aromatic rings. The summed E-state index contributed by atoms with van der Waals surface area (Å²) in [6.45, 7) is 2.62. The Bertz CT molecular complexity index is 413. The highest BCUT2D eigenvalue weighted by molar-refractivity contribution is 5.80. The first-order chi connectivity index (χ1) is 8.06. The molecule has 1 aliphatic heterocycles. The van der Waals surface area contributed by atoms with Gasteiger partial charge in [-0.05, 0) is 55.5 Å². The molecule has 0 aliphatic carbocycles. The summed E-state index contributed by atoms with van der Waals surface area (Å²) in [6, 6.07) is 4.76. The molecule has 0 spiro atoms. The lowest BCUT2D eigenvalue weighted by Gasteiger charge is -2.28. The molecule has 17 heavy (non-hydrogen) atoms. The molecule has 0 radical (unpaired) electrons. The first-order valence-electron chi connectivity index (χ1n) is 5.86. The van der Waals surface area contributed by atoms with Gasteiger partial charge in [0, 0.05) is 0 Å². The fraction of sp³-hybridized carbons (Fsp3) is 0.462. The van der Waals surface area contributed by atoms with Gasteiger partial charge in [-0.15, -0.1) is 0 Å². The number of hydrogen-bond acceptors (Lipinski definition) is 2. The predicted molar refractivity (Wildman–Crippen MR) is 64.1 cm³/mol. The highest BCUT2D eigenvalue weighted by Gasteiger charge is 2.26. The van der Waals surface area contributed by atoms with Crippen molar-refractivity contribution in [3.8, 4) is 0 Å². The number of hydrogen-bond donors (Lipinski definition) is 2. The van der Waals surface area contributed by atoms with E-state index >= 15 is 0 Å². The third-order valence-electron chi connectivity index (χ3n) is 3.28. The molecule has 0 bridgehead atoms. The number of benzene rings is 1. The molecular formula is C13H17FN2O. The lowest BCUT2D eigenvalue weighted by molar-refractivity contribution is -0.120. The first kappa shape index (κ1) is 12.0. The maximum atomic E-state index is 13.3. The van der Waals surface area contributed by atoms with E-state index in [0.29, 0.717) is 6.42 Å². The largest absolute Gasteiger partial charge is 0.368 e. The van der Waals surface area contributed by atoms with E-state index in [1.807, 2.05) is 13.0 Å². The van der Waals surface area contributed by atoms with Crippen molar-refractivity contribution in [2.24, 2.45) is 5.73 Å². The molecule has 4 heteroatoms. The van der Waals surface area contributed by atoms with Crippen LogP contribution in [0.4, 0.5) is 4.39 Å². The van der Waals surface area contributed by atoms with E-state index in [2.05, 4.69) is 5.32 Å². The first-order valence-corrected chi connectivity index (χ1v) is 5.86. The van der Waals surface area contributed by atoms with Crippen LogP contribution in [0.2, 0.25) is 0 Å². The highest BCUT2D eigenvalue weighted by Crippen LogP contribution is 2.28. The summed E-state index contributed by atoms with van der Waals surface area (Å²) in [4.78, 5) is 11.2. The number of amides is 1. The molecule has 2 atom stereocenters. The van der Waals surface area contributed by atoms with Crippen LogP contribution >= 0.6 is 0 Å². The standard InChI is InChI=1S/C13H17FN2O/c1-8-4-10(6-11(14)5-8)9-2-3-16-12(7-9)13(15)17/h4-6,9,12,16H,2-3,7H2,1H3,(H2,15,17). The maximum Gasteiger partial charge on any atom is 0.234 e. The van der Waals surface area contributed by atoms with Gasteiger partial charge >= 0.3 is 0 Å². The van der Waals surface area contributed by atoms with Gasteiger partial charge in [-0.3, -0.25) is 4.79 Å². The third kappa shape index (κ3) is 2.82. The second kappa shape index (κ2) is 4.84. The summed E-state index contributed by atoms with van der Waals surface area (Å²) < 4.78 is 13.3. The molecule has 1 saturated heterocycles. The number of aryl methyl sites for hydroxylation is 1. The van der Waals surface area contributed by atoms with Crippen LogP contribution in [0.3, 0.4) is 0 Å². The molecule has 1 fully saturated rings. The molecule has 2 unspecified atom stereocenters. The molecule has 1 amide bonds. The van der Waals surface area contributed by atoms with Gasteiger partial charge in [0.15, 0.2) is 0 Å². The van der Waals surface area contributed by atoms with Crippen molar-refractivity contribution in [2.45, 2.75) is 31.7 Å². The van der Waals surface area contributed by atoms with Crippen molar-refractivity contribution < 1.29 is 9.18 Å². The Hall–Kier alpha value is -1.42. The SMILES string of the molecule is Cc1cc(F)cc(C2CCNC(C(N)=O)C2)c1. The zero-order valence-corrected chi connectivity index (χ0v) is 9.87. The average molecular weight is 236 g/mol. The number of piperidine rings is 1. The van der Waals surface area contributed by atoms with Crippen LogP contribution in [0, 0.1) is 12.7 Å². The fourth-order valence-corrected chi connectivity index (χ4v) is 2.44. The van der Waals surface area contributed by atoms with Gasteiger partial charge in [0.25, 0.3) is 0 Å². The summed E-state index contributed by atoms with van der Waals surface area (Å²) in [7, 11) is 0. The van der Waals surface area contributed by atoms with Crippen molar-refractivity contribution in [1.29, 1.82) is 0 Å². The highest BCUT2D eigenvalue weighted by atomic mass is 19.1. The van der Waals surface area contributed by atoms with Crippen LogP contribution < -0.4 is 11.1 Å². The predicted octanol–water partition coefficient (Wildman–Crippen LogP) is 1.46. The lowest BCUT2D eigenvalue weighted by atomic mass is 9.85. The minimum atomic E-state index is -0.331. The molecule has 1 heterocycles. The average Bonchev–Trinajstić information content (AvgIpc) is 2.28. The van der Waals surface area contributed by atoms with Gasteiger partial charge in [-0.1, -0.05) is 6.07 Å². The molecule has 1 aliphatic rings. The van der Waals surface area contributed by atoms with Crippen molar-refractivity contribution in [3.63, 3.8) is 0 Å². The van der Waals surface area contributed by atoms with E-state index in [9.17, 15) is 9.18 Å². The fourth-order valence-electron chi connectivity index (χ4n) is 2.44. The Kier molecular flexibility index (Phi) is 3.43. The van der Waals surface area contributed by atoms with Crippen molar-refractivity contribution in [1.82, 2.24) is 5.32 Å². The normalized spacial score (nSPS) is 24.6. The van der Waals surface area contributed by atoms with Crippen LogP contribution in [0.1, 0.15) is 29.9 Å². The molecule has 92 valence electrons. The van der Waals surface area contributed by atoms with E-state index in [-0.39, 0.29) is 23.7 Å². The van der Waals surface area contributed by atoms with Gasteiger partial charge in [0.2, 0.25) is 5.91 Å². The van der Waals surface area contributed by atoms with Crippen LogP contribution in [0.15, 0.2) is 18.2 Å². The number of carbonyl (C=O) groups excluding carboxylic acids is 1. The maximum absolute atomic E-state index is 13.3. The van der Waals surface area contributed by atoms with E-state index in [0.717, 1.165) is 24.1 Å². The van der Waals surface area contributed by atoms with Crippen LogP contribution in [-0.2, 0) is 4.79 Å². The van der Waals surface area contributed by atoms with Crippen LogP contribution in [-0.4, -0.2) is 18.5 Å². The van der Waals surface area contributed by atoms with Crippen molar-refractivity contribution in [2.75, 3.05) is 6.54 Å². The zero-order valence-electron chi connectivity index (χ0n) is 9.87. The molecule has 0 aromatic heterocycles. The summed E-state index contributed by atoms with van der Waals surface area (Å²) in [5.41, 5.74) is 7.17. The molecule has 3 N–H and O–H groups in total. The van der Waals surface area contributed by atoms with E-state index in [1.54, 1.807) is 6.07 Å². The summed E-state index contributed by atoms with van der Waals surface area (Å²) >= 11 is 0. The van der Waals surface area contributed by atoms with E-state index < -0.39 is 0 Å². The Morgan fingerprint density at radius 3 is 2.88 bits per heavy atom. The number of nitrogens with two attached hydrogens (primary N) is 1. The van der Waals surface area contributed by atoms with Gasteiger partial charge in [0.1, 0.15) is 5.82 Å². The Morgan fingerprint density at radius 1 is 1.47 bits per heavy atom. The third-order valence-corrected chi connectivity index (χ3v) is 3.28. The zero-order chi connectivity index (χ0) is 12.4. The number of carbonyl (C=O) groups is 1. The summed E-state index contributed by atoms with van der Waals surface area (Å²) in [5, 5.41) is 3.08. The van der Waals surface area contributed by atoms with Gasteiger partial charge < -0.3 is 11.1 Å². The van der Waals surface area contributed by atoms with Gasteiger partial charge in [-0.25, -0.2) is 4.39 Å². The number of rotatable bonds is 2. The van der Waals surface area contributed by atoms with E-state index in [4.69, 9.17) is 5.73 Å².